The molecule has 4 rings (SSSR count). The quantitative estimate of drug-likeness (QED) is 0.562. The van der Waals surface area contributed by atoms with Crippen LogP contribution in [0.15, 0.2) is 30.5 Å². The normalized spacial score (nSPS) is 19.8. The summed E-state index contributed by atoms with van der Waals surface area (Å²) in [5, 5.41) is 7.68. The molecule has 0 saturated carbocycles. The van der Waals surface area contributed by atoms with Gasteiger partial charge in [0.05, 0.1) is 29.8 Å². The molecular formula is C27H36N8O3. The maximum Gasteiger partial charge on any atom is 0.274 e. The van der Waals surface area contributed by atoms with E-state index in [0.29, 0.717) is 55.2 Å². The molecular weight excluding hydrogens is 484 g/mol. The highest BCUT2D eigenvalue weighted by molar-refractivity contribution is 5.94. The minimum atomic E-state index is -0.650. The summed E-state index contributed by atoms with van der Waals surface area (Å²) in [6.45, 7) is 8.76. The van der Waals surface area contributed by atoms with E-state index in [0.717, 1.165) is 0 Å². The first-order chi connectivity index (χ1) is 18.1. The van der Waals surface area contributed by atoms with Crippen LogP contribution in [0.3, 0.4) is 0 Å². The van der Waals surface area contributed by atoms with Gasteiger partial charge in [-0.25, -0.2) is 14.6 Å². The van der Waals surface area contributed by atoms with Gasteiger partial charge in [-0.15, -0.1) is 0 Å². The van der Waals surface area contributed by atoms with Crippen LogP contribution < -0.4 is 5.32 Å². The second kappa shape index (κ2) is 11.7. The predicted octanol–water partition coefficient (Wildman–Crippen LogP) is 2.52. The second-order valence-corrected chi connectivity index (χ2v) is 10.3. The topological polar surface area (TPSA) is 126 Å². The van der Waals surface area contributed by atoms with E-state index in [1.54, 1.807) is 23.6 Å². The molecule has 0 spiro atoms. The second-order valence-electron chi connectivity index (χ2n) is 10.3. The molecule has 0 unspecified atom stereocenters. The van der Waals surface area contributed by atoms with Gasteiger partial charge in [-0.1, -0.05) is 26.0 Å². The number of carbonyl (C=O) groups is 3. The zero-order valence-corrected chi connectivity index (χ0v) is 22.7. The smallest absolute Gasteiger partial charge is 0.274 e. The number of nitrogens with zero attached hydrogens (tertiary/aromatic N) is 7. The fraction of sp³-hybridized carbons (Fsp3) is 0.519. The summed E-state index contributed by atoms with van der Waals surface area (Å²) in [6, 6.07) is 6.38. The number of benzene rings is 1. The SMILES string of the molecule is Cc1nc2n(n1)CCN(C(=O)c1cnc3ccccc3n1)CCCC(=O)N(C)[C@@H](C)C(=O)N[C@@H]2CC(C)C. The molecule has 11 nitrogen and oxygen atoms in total. The Morgan fingerprint density at radius 3 is 2.58 bits per heavy atom. The summed E-state index contributed by atoms with van der Waals surface area (Å²) in [6.07, 6.45) is 2.81. The number of carbonyl (C=O) groups excluding carboxylic acids is 3. The summed E-state index contributed by atoms with van der Waals surface area (Å²) in [5.41, 5.74) is 1.61. The Labute approximate surface area is 222 Å². The Hall–Kier alpha value is -3.89. The number of nitrogens with one attached hydrogen (secondary N) is 1. The van der Waals surface area contributed by atoms with Crippen LogP contribution in [0.1, 0.15) is 68.2 Å². The Morgan fingerprint density at radius 1 is 1.11 bits per heavy atom. The molecule has 1 N–H and O–H groups in total. The average Bonchev–Trinajstić information content (AvgIpc) is 3.27. The molecule has 2 atom stereocenters. The molecule has 3 aromatic rings. The third-order valence-corrected chi connectivity index (χ3v) is 6.85. The van der Waals surface area contributed by atoms with E-state index < -0.39 is 6.04 Å². The van der Waals surface area contributed by atoms with Crippen molar-refractivity contribution < 1.29 is 14.4 Å². The van der Waals surface area contributed by atoms with Crippen LogP contribution in [0.25, 0.3) is 11.0 Å². The van der Waals surface area contributed by atoms with E-state index in [2.05, 4.69) is 39.2 Å². The van der Waals surface area contributed by atoms with E-state index in [-0.39, 0.29) is 41.8 Å². The fourth-order valence-electron chi connectivity index (χ4n) is 4.63. The van der Waals surface area contributed by atoms with Gasteiger partial charge in [0.1, 0.15) is 23.4 Å². The molecule has 202 valence electrons. The number of likely N-dealkylation sites (N-methyl/N-ethyl adjacent to an activating group) is 1. The fourth-order valence-corrected chi connectivity index (χ4v) is 4.63. The molecule has 1 aliphatic heterocycles. The van der Waals surface area contributed by atoms with Gasteiger partial charge in [-0.3, -0.25) is 19.4 Å². The lowest BCUT2D eigenvalue weighted by Gasteiger charge is -2.29. The Morgan fingerprint density at radius 2 is 1.84 bits per heavy atom. The van der Waals surface area contributed by atoms with Crippen molar-refractivity contribution in [2.75, 3.05) is 20.1 Å². The Kier molecular flexibility index (Phi) is 8.33. The molecule has 0 fully saturated rings. The van der Waals surface area contributed by atoms with Crippen LogP contribution in [-0.4, -0.2) is 78.4 Å². The molecule has 2 aromatic heterocycles. The van der Waals surface area contributed by atoms with E-state index in [1.807, 2.05) is 31.2 Å². The van der Waals surface area contributed by atoms with E-state index in [9.17, 15) is 14.4 Å². The summed E-state index contributed by atoms with van der Waals surface area (Å²) in [5.74, 6) is 0.870. The summed E-state index contributed by atoms with van der Waals surface area (Å²) >= 11 is 0. The molecule has 11 heteroatoms. The monoisotopic (exact) mass is 520 g/mol. The Bertz CT molecular complexity index is 1320. The van der Waals surface area contributed by atoms with Crippen LogP contribution in [-0.2, 0) is 16.1 Å². The van der Waals surface area contributed by atoms with Gasteiger partial charge in [0.15, 0.2) is 0 Å². The lowest BCUT2D eigenvalue weighted by Crippen LogP contribution is -2.47. The lowest BCUT2D eigenvalue weighted by atomic mass is 10.0. The first-order valence-corrected chi connectivity index (χ1v) is 13.1. The maximum atomic E-state index is 13.6. The van der Waals surface area contributed by atoms with Gasteiger partial charge in [0.2, 0.25) is 11.8 Å². The van der Waals surface area contributed by atoms with Crippen molar-refractivity contribution in [1.29, 1.82) is 0 Å². The van der Waals surface area contributed by atoms with E-state index in [4.69, 9.17) is 0 Å². The first-order valence-electron chi connectivity index (χ1n) is 13.1. The van der Waals surface area contributed by atoms with Gasteiger partial charge in [-0.2, -0.15) is 5.10 Å². The number of fused-ring (bicyclic) bond motifs is 2. The van der Waals surface area contributed by atoms with E-state index >= 15 is 0 Å². The van der Waals surface area contributed by atoms with Crippen LogP contribution in [0.2, 0.25) is 0 Å². The number of para-hydroxylation sites is 2. The van der Waals surface area contributed by atoms with Crippen LogP contribution in [0.5, 0.6) is 0 Å². The molecule has 0 aliphatic carbocycles. The standard InChI is InChI=1S/C27H36N8O3/c1-17(2)15-22-25-29-19(4)32-35(25)14-13-34(12-8-11-24(36)33(5)18(3)26(37)31-22)27(38)23-16-28-20-9-6-7-10-21(20)30-23/h6-7,9-10,16-18,22H,8,11-15H2,1-5H3,(H,31,37)/t18-,22+/m0/s1. The summed E-state index contributed by atoms with van der Waals surface area (Å²) in [7, 11) is 1.64. The highest BCUT2D eigenvalue weighted by atomic mass is 16.2. The highest BCUT2D eigenvalue weighted by Gasteiger charge is 2.29. The van der Waals surface area contributed by atoms with Gasteiger partial charge < -0.3 is 15.1 Å². The average molecular weight is 521 g/mol. The van der Waals surface area contributed by atoms with Gasteiger partial charge >= 0.3 is 0 Å². The molecule has 1 aliphatic rings. The summed E-state index contributed by atoms with van der Waals surface area (Å²) < 4.78 is 1.78. The lowest BCUT2D eigenvalue weighted by molar-refractivity contribution is -0.138. The number of aromatic nitrogens is 5. The van der Waals surface area contributed by atoms with E-state index in [1.165, 1.54) is 11.1 Å². The third-order valence-electron chi connectivity index (χ3n) is 6.85. The predicted molar refractivity (Wildman–Crippen MR) is 142 cm³/mol. The first kappa shape index (κ1) is 27.2. The van der Waals surface area contributed by atoms with Crippen LogP contribution in [0.4, 0.5) is 0 Å². The maximum absolute atomic E-state index is 13.6. The van der Waals surface area contributed by atoms with Gasteiger partial charge in [0.25, 0.3) is 5.91 Å². The largest absolute Gasteiger partial charge is 0.344 e. The third kappa shape index (κ3) is 6.15. The van der Waals surface area contributed by atoms with Crippen molar-refractivity contribution in [2.45, 2.75) is 65.6 Å². The van der Waals surface area contributed by atoms with Crippen molar-refractivity contribution in [3.63, 3.8) is 0 Å². The number of rotatable bonds is 3. The number of amides is 3. The molecule has 3 heterocycles. The van der Waals surface area contributed by atoms with Crippen molar-refractivity contribution in [1.82, 2.24) is 39.8 Å². The number of hydrogen-bond donors (Lipinski definition) is 1. The van der Waals surface area contributed by atoms with Gasteiger partial charge in [0, 0.05) is 26.6 Å². The zero-order chi connectivity index (χ0) is 27.4. The van der Waals surface area contributed by atoms with Crippen LogP contribution >= 0.6 is 0 Å². The molecule has 38 heavy (non-hydrogen) atoms. The van der Waals surface area contributed by atoms with Gasteiger partial charge in [-0.05, 0) is 44.7 Å². The molecule has 3 amide bonds. The minimum Gasteiger partial charge on any atom is -0.344 e. The number of aryl methyl sites for hydroxylation is 1. The van der Waals surface area contributed by atoms with Crippen molar-refractivity contribution in [3.8, 4) is 0 Å². The van der Waals surface area contributed by atoms with Crippen molar-refractivity contribution in [2.24, 2.45) is 5.92 Å². The molecule has 0 radical (unpaired) electrons. The highest BCUT2D eigenvalue weighted by Crippen LogP contribution is 2.21. The van der Waals surface area contributed by atoms with Crippen molar-refractivity contribution >= 4 is 28.8 Å². The van der Waals surface area contributed by atoms with Crippen LogP contribution in [0, 0.1) is 12.8 Å². The molecule has 0 saturated heterocycles. The summed E-state index contributed by atoms with van der Waals surface area (Å²) in [4.78, 5) is 56.3. The van der Waals surface area contributed by atoms with Crippen molar-refractivity contribution in [3.05, 3.63) is 47.8 Å². The minimum absolute atomic E-state index is 0.151. The molecule has 0 bridgehead atoms. The number of hydrogen-bond acceptors (Lipinski definition) is 7. The zero-order valence-electron chi connectivity index (χ0n) is 22.7. The molecule has 1 aromatic carbocycles. The Balaban J connectivity index is 1.67.